The number of benzene rings is 2. The highest BCUT2D eigenvalue weighted by Crippen LogP contribution is 2.30. The molecule has 0 spiro atoms. The minimum Gasteiger partial charge on any atom is -0.334 e. The topological polar surface area (TPSA) is 103 Å². The van der Waals surface area contributed by atoms with E-state index in [2.05, 4.69) is 20.9 Å². The van der Waals surface area contributed by atoms with Gasteiger partial charge >= 0.3 is 6.03 Å². The van der Waals surface area contributed by atoms with E-state index in [9.17, 15) is 9.59 Å². The molecule has 8 nitrogen and oxygen atoms in total. The summed E-state index contributed by atoms with van der Waals surface area (Å²) >= 11 is 0. The summed E-state index contributed by atoms with van der Waals surface area (Å²) in [5.41, 5.74) is 3.70. The third-order valence-electron chi connectivity index (χ3n) is 5.77. The minimum atomic E-state index is -0.312. The Labute approximate surface area is 190 Å². The number of hydrogen-bond acceptors (Lipinski definition) is 4. The van der Waals surface area contributed by atoms with Crippen LogP contribution >= 0.6 is 12.4 Å². The molecular weight excluding hydrogens is 428 g/mol. The van der Waals surface area contributed by atoms with Crippen LogP contribution in [0.3, 0.4) is 0 Å². The van der Waals surface area contributed by atoms with Gasteiger partial charge in [0.05, 0.1) is 22.3 Å². The molecule has 0 unspecified atom stereocenters. The molecule has 166 valence electrons. The third-order valence-corrected chi connectivity index (χ3v) is 5.77. The molecule has 4 N–H and O–H groups in total. The molecule has 0 atom stereocenters. The number of nitrogens with zero attached hydrogens (tertiary/aromatic N) is 2. The maximum atomic E-state index is 12.5. The maximum absolute atomic E-state index is 12.5. The van der Waals surface area contributed by atoms with Crippen molar-refractivity contribution in [3.05, 3.63) is 76.2 Å². The molecule has 1 aliphatic rings. The van der Waals surface area contributed by atoms with Gasteiger partial charge in [0.25, 0.3) is 5.56 Å². The Hall–Kier alpha value is -3.36. The number of nitrogens with one attached hydrogen (secondary N) is 4. The van der Waals surface area contributed by atoms with E-state index < -0.39 is 0 Å². The molecular formula is C23H25ClN6O2. The molecule has 0 aliphatic carbocycles. The number of aromatic amines is 1. The average molecular weight is 453 g/mol. The highest BCUT2D eigenvalue weighted by molar-refractivity contribution is 6.07. The second-order valence-electron chi connectivity index (χ2n) is 7.84. The largest absolute Gasteiger partial charge is 0.334 e. The molecule has 0 saturated carbocycles. The second kappa shape index (κ2) is 9.42. The fourth-order valence-electron chi connectivity index (χ4n) is 4.24. The number of rotatable bonds is 4. The van der Waals surface area contributed by atoms with Crippen molar-refractivity contribution >= 4 is 40.7 Å². The minimum absolute atomic E-state index is 0. The number of urea groups is 1. The average Bonchev–Trinajstić information content (AvgIpc) is 3.18. The zero-order chi connectivity index (χ0) is 21.2. The van der Waals surface area contributed by atoms with Gasteiger partial charge in [-0.1, -0.05) is 36.4 Å². The van der Waals surface area contributed by atoms with Gasteiger partial charge in [-0.05, 0) is 43.6 Å². The first-order valence-electron chi connectivity index (χ1n) is 10.5. The second-order valence-corrected chi connectivity index (χ2v) is 7.84. The Kier molecular flexibility index (Phi) is 6.43. The molecule has 2 aromatic carbocycles. The number of fused-ring (bicyclic) bond motifs is 3. The number of amides is 2. The van der Waals surface area contributed by atoms with Crippen molar-refractivity contribution in [2.24, 2.45) is 0 Å². The number of anilines is 1. The number of piperidine rings is 1. The predicted molar refractivity (Wildman–Crippen MR) is 128 cm³/mol. The van der Waals surface area contributed by atoms with Crippen LogP contribution in [0.4, 0.5) is 10.5 Å². The zero-order valence-corrected chi connectivity index (χ0v) is 18.2. The highest BCUT2D eigenvalue weighted by atomic mass is 35.5. The van der Waals surface area contributed by atoms with Crippen molar-refractivity contribution in [2.75, 3.05) is 18.4 Å². The Balaban J connectivity index is 0.00000245. The van der Waals surface area contributed by atoms with E-state index >= 15 is 0 Å². The number of H-pyrrole nitrogens is 1. The Morgan fingerprint density at radius 1 is 1.09 bits per heavy atom. The van der Waals surface area contributed by atoms with Crippen molar-refractivity contribution in [2.45, 2.75) is 25.3 Å². The van der Waals surface area contributed by atoms with E-state index in [0.29, 0.717) is 17.9 Å². The maximum Gasteiger partial charge on any atom is 0.319 e. The standard InChI is InChI=1S/C23H24N6O2.ClH/c30-20-13-19(16-9-11-24-12-10-16)29-22(27-20)21-17(7-4-8-18(21)28-29)26-23(31)25-14-15-5-2-1-3-6-15;/h1-8,13,16,24H,9-12,14H2,(H,27,30)(H2,25,26,31);1H. The summed E-state index contributed by atoms with van der Waals surface area (Å²) in [5, 5.41) is 14.6. The van der Waals surface area contributed by atoms with Crippen molar-refractivity contribution in [3.63, 3.8) is 0 Å². The molecule has 2 aromatic heterocycles. The van der Waals surface area contributed by atoms with Gasteiger partial charge in [0.1, 0.15) is 5.65 Å². The van der Waals surface area contributed by atoms with Crippen LogP contribution in [0.15, 0.2) is 59.4 Å². The number of halogens is 1. The first-order valence-corrected chi connectivity index (χ1v) is 10.5. The molecule has 32 heavy (non-hydrogen) atoms. The van der Waals surface area contributed by atoms with Crippen molar-refractivity contribution in [1.82, 2.24) is 25.2 Å². The zero-order valence-electron chi connectivity index (χ0n) is 17.4. The van der Waals surface area contributed by atoms with Crippen molar-refractivity contribution < 1.29 is 4.79 Å². The summed E-state index contributed by atoms with van der Waals surface area (Å²) in [4.78, 5) is 27.9. The van der Waals surface area contributed by atoms with E-state index in [1.807, 2.05) is 53.0 Å². The predicted octanol–water partition coefficient (Wildman–Crippen LogP) is 3.39. The van der Waals surface area contributed by atoms with Gasteiger partial charge in [-0.15, -0.1) is 12.4 Å². The summed E-state index contributed by atoms with van der Waals surface area (Å²) < 4.78 is 1.83. The van der Waals surface area contributed by atoms with Crippen LogP contribution in [0, 0.1) is 0 Å². The lowest BCUT2D eigenvalue weighted by Gasteiger charge is -2.23. The number of aromatic nitrogens is 3. The van der Waals surface area contributed by atoms with Gasteiger partial charge in [0.2, 0.25) is 0 Å². The molecule has 0 bridgehead atoms. The Bertz CT molecular complexity index is 1290. The van der Waals surface area contributed by atoms with E-state index in [-0.39, 0.29) is 29.9 Å². The summed E-state index contributed by atoms with van der Waals surface area (Å²) in [6, 6.07) is 16.6. The summed E-state index contributed by atoms with van der Waals surface area (Å²) in [6.07, 6.45) is 1.92. The highest BCUT2D eigenvalue weighted by Gasteiger charge is 2.21. The molecule has 5 rings (SSSR count). The number of carbonyl (C=O) groups excluding carboxylic acids is 1. The van der Waals surface area contributed by atoms with E-state index in [0.717, 1.165) is 48.1 Å². The smallest absolute Gasteiger partial charge is 0.319 e. The first-order chi connectivity index (χ1) is 15.2. The van der Waals surface area contributed by atoms with Crippen LogP contribution in [0.1, 0.15) is 30.0 Å². The van der Waals surface area contributed by atoms with Gasteiger partial charge in [-0.3, -0.25) is 4.79 Å². The molecule has 1 aliphatic heterocycles. The first kappa shape index (κ1) is 21.9. The Morgan fingerprint density at radius 2 is 1.88 bits per heavy atom. The lowest BCUT2D eigenvalue weighted by Crippen LogP contribution is -2.28. The molecule has 4 aromatic rings. The number of carbonyl (C=O) groups is 1. The Morgan fingerprint density at radius 3 is 2.66 bits per heavy atom. The third kappa shape index (κ3) is 4.32. The van der Waals surface area contributed by atoms with Gasteiger partial charge in [-0.2, -0.15) is 5.10 Å². The SMILES string of the molecule is Cl.O=C(NCc1ccccc1)Nc1cccc2nn3c(C4CCNCC4)cc(=O)[nH]c3c12. The molecule has 3 heterocycles. The lowest BCUT2D eigenvalue weighted by molar-refractivity contribution is 0.252. The summed E-state index contributed by atoms with van der Waals surface area (Å²) in [5.74, 6) is 0.269. The molecule has 0 radical (unpaired) electrons. The van der Waals surface area contributed by atoms with E-state index in [1.165, 1.54) is 0 Å². The normalized spacial score (nSPS) is 14.2. The van der Waals surface area contributed by atoms with Crippen molar-refractivity contribution in [3.8, 4) is 0 Å². The van der Waals surface area contributed by atoms with Gasteiger partial charge in [-0.25, -0.2) is 9.31 Å². The van der Waals surface area contributed by atoms with E-state index in [4.69, 9.17) is 5.10 Å². The van der Waals surface area contributed by atoms with Crippen LogP contribution in [-0.2, 0) is 6.54 Å². The molecule has 9 heteroatoms. The quantitative estimate of drug-likeness (QED) is 0.381. The molecule has 1 fully saturated rings. The van der Waals surface area contributed by atoms with Gasteiger partial charge in [0, 0.05) is 18.5 Å². The lowest BCUT2D eigenvalue weighted by atomic mass is 9.94. The van der Waals surface area contributed by atoms with E-state index in [1.54, 1.807) is 6.07 Å². The van der Waals surface area contributed by atoms with Crippen LogP contribution < -0.4 is 21.5 Å². The fraction of sp³-hybridized carbons (Fsp3) is 0.261. The van der Waals surface area contributed by atoms with Gasteiger partial charge < -0.3 is 20.9 Å². The van der Waals surface area contributed by atoms with Crippen molar-refractivity contribution in [1.29, 1.82) is 0 Å². The molecule has 2 amide bonds. The van der Waals surface area contributed by atoms with Crippen LogP contribution in [-0.4, -0.2) is 33.7 Å². The van der Waals surface area contributed by atoms with Gasteiger partial charge in [0.15, 0.2) is 0 Å². The summed E-state index contributed by atoms with van der Waals surface area (Å²) in [6.45, 7) is 2.27. The van der Waals surface area contributed by atoms with Crippen LogP contribution in [0.2, 0.25) is 0 Å². The molecule has 1 saturated heterocycles. The summed E-state index contributed by atoms with van der Waals surface area (Å²) in [7, 11) is 0. The number of hydrogen-bond donors (Lipinski definition) is 4. The fourth-order valence-corrected chi connectivity index (χ4v) is 4.24. The van der Waals surface area contributed by atoms with Crippen LogP contribution in [0.25, 0.3) is 16.6 Å². The monoisotopic (exact) mass is 452 g/mol. The van der Waals surface area contributed by atoms with Crippen LogP contribution in [0.5, 0.6) is 0 Å².